The Morgan fingerprint density at radius 3 is 2.68 bits per heavy atom. The van der Waals surface area contributed by atoms with E-state index >= 15 is 0 Å². The summed E-state index contributed by atoms with van der Waals surface area (Å²) >= 11 is 0. The highest BCUT2D eigenvalue weighted by atomic mass is 32.2. The molecule has 1 aliphatic rings. The predicted molar refractivity (Wildman–Crippen MR) is 91.4 cm³/mol. The third kappa shape index (κ3) is 3.91. The molecule has 25 heavy (non-hydrogen) atoms. The summed E-state index contributed by atoms with van der Waals surface area (Å²) in [5.41, 5.74) is 1.02. The minimum atomic E-state index is -3.75. The van der Waals surface area contributed by atoms with Gasteiger partial charge in [-0.15, -0.1) is 0 Å². The average Bonchev–Trinajstić information content (AvgIpc) is 3.04. The van der Waals surface area contributed by atoms with Crippen LogP contribution in [0.1, 0.15) is 18.9 Å². The molecule has 1 aliphatic heterocycles. The molecule has 0 amide bonds. The summed E-state index contributed by atoms with van der Waals surface area (Å²) in [4.78, 5) is 11.4. The van der Waals surface area contributed by atoms with Crippen LogP contribution in [-0.2, 0) is 21.4 Å². The van der Waals surface area contributed by atoms with Gasteiger partial charge >= 0.3 is 5.97 Å². The fourth-order valence-electron chi connectivity index (χ4n) is 3.16. The summed E-state index contributed by atoms with van der Waals surface area (Å²) in [6, 6.07) is 9.63. The molecule has 1 saturated heterocycles. The van der Waals surface area contributed by atoms with E-state index in [9.17, 15) is 18.3 Å². The van der Waals surface area contributed by atoms with E-state index in [-0.39, 0.29) is 17.4 Å². The van der Waals surface area contributed by atoms with Crippen molar-refractivity contribution in [2.75, 3.05) is 13.1 Å². The van der Waals surface area contributed by atoms with Crippen LogP contribution in [0, 0.1) is 11.8 Å². The van der Waals surface area contributed by atoms with E-state index in [0.29, 0.717) is 19.5 Å². The van der Waals surface area contributed by atoms with Gasteiger partial charge in [-0.3, -0.25) is 9.48 Å². The molecule has 0 bridgehead atoms. The van der Waals surface area contributed by atoms with E-state index in [2.05, 4.69) is 5.10 Å². The fraction of sp³-hybridized carbons (Fsp3) is 0.412. The van der Waals surface area contributed by atoms with Crippen LogP contribution >= 0.6 is 0 Å². The number of aliphatic carboxylic acids is 1. The first-order valence-corrected chi connectivity index (χ1v) is 9.59. The zero-order valence-corrected chi connectivity index (χ0v) is 14.8. The molecule has 0 aliphatic carbocycles. The van der Waals surface area contributed by atoms with Gasteiger partial charge in [0, 0.05) is 19.3 Å². The van der Waals surface area contributed by atoms with Gasteiger partial charge in [0.25, 0.3) is 0 Å². The lowest BCUT2D eigenvalue weighted by Crippen LogP contribution is -2.45. The summed E-state index contributed by atoms with van der Waals surface area (Å²) < 4.78 is 28.5. The van der Waals surface area contributed by atoms with Gasteiger partial charge < -0.3 is 5.11 Å². The minimum Gasteiger partial charge on any atom is -0.481 e. The third-order valence-corrected chi connectivity index (χ3v) is 6.19. The number of hydrogen-bond donors (Lipinski definition) is 1. The first-order chi connectivity index (χ1) is 11.9. The minimum absolute atomic E-state index is 0.00369. The lowest BCUT2D eigenvalue weighted by molar-refractivity contribution is -0.143. The summed E-state index contributed by atoms with van der Waals surface area (Å²) in [5, 5.41) is 13.4. The normalized spacial score (nSPS) is 22.0. The number of nitrogens with zero attached hydrogens (tertiary/aromatic N) is 3. The van der Waals surface area contributed by atoms with Gasteiger partial charge in [-0.2, -0.15) is 9.40 Å². The molecule has 0 radical (unpaired) electrons. The molecule has 1 aromatic carbocycles. The SMILES string of the molecule is CC1CC(C(=O)O)CN(S(=O)(=O)c2cnn(Cc3ccccc3)c2)C1. The quantitative estimate of drug-likeness (QED) is 0.872. The summed E-state index contributed by atoms with van der Waals surface area (Å²) in [5.74, 6) is -1.62. The van der Waals surface area contributed by atoms with Crippen LogP contribution in [0.2, 0.25) is 0 Å². The van der Waals surface area contributed by atoms with E-state index in [1.807, 2.05) is 37.3 Å². The van der Waals surface area contributed by atoms with Gasteiger partial charge in [0.05, 0.1) is 18.7 Å². The largest absolute Gasteiger partial charge is 0.481 e. The number of rotatable bonds is 5. The van der Waals surface area contributed by atoms with Crippen LogP contribution in [0.15, 0.2) is 47.6 Å². The number of carboxylic acids is 1. The van der Waals surface area contributed by atoms with E-state index in [0.717, 1.165) is 5.56 Å². The molecule has 1 aromatic heterocycles. The second-order valence-electron chi connectivity index (χ2n) is 6.56. The van der Waals surface area contributed by atoms with Crippen LogP contribution < -0.4 is 0 Å². The summed E-state index contributed by atoms with van der Waals surface area (Å²) in [6.45, 7) is 2.68. The maximum atomic E-state index is 12.8. The molecule has 3 rings (SSSR count). The molecule has 134 valence electrons. The standard InChI is InChI=1S/C17H21N3O4S/c1-13-7-15(17(21)22)11-20(9-13)25(23,24)16-8-18-19(12-16)10-14-5-3-2-4-6-14/h2-6,8,12-13,15H,7,9-11H2,1H3,(H,21,22). The molecule has 0 saturated carbocycles. The second kappa shape index (κ2) is 6.97. The molecule has 2 atom stereocenters. The monoisotopic (exact) mass is 363 g/mol. The topological polar surface area (TPSA) is 92.5 Å². The Bertz CT molecular complexity index is 848. The van der Waals surface area contributed by atoms with Crippen molar-refractivity contribution in [2.24, 2.45) is 11.8 Å². The van der Waals surface area contributed by atoms with E-state index < -0.39 is 21.9 Å². The van der Waals surface area contributed by atoms with Crippen molar-refractivity contribution in [1.82, 2.24) is 14.1 Å². The number of carbonyl (C=O) groups is 1. The Morgan fingerprint density at radius 2 is 2.00 bits per heavy atom. The highest BCUT2D eigenvalue weighted by Crippen LogP contribution is 2.27. The van der Waals surface area contributed by atoms with Crippen LogP contribution in [0.25, 0.3) is 0 Å². The van der Waals surface area contributed by atoms with Crippen LogP contribution in [0.4, 0.5) is 0 Å². The van der Waals surface area contributed by atoms with E-state index in [4.69, 9.17) is 0 Å². The van der Waals surface area contributed by atoms with Gasteiger partial charge in [0.15, 0.2) is 0 Å². The van der Waals surface area contributed by atoms with Gasteiger partial charge in [-0.05, 0) is 17.9 Å². The fourth-order valence-corrected chi connectivity index (χ4v) is 4.72. The average molecular weight is 363 g/mol. The van der Waals surface area contributed by atoms with Gasteiger partial charge in [-0.25, -0.2) is 8.42 Å². The lowest BCUT2D eigenvalue weighted by Gasteiger charge is -2.33. The molecule has 0 spiro atoms. The number of hydrogen-bond acceptors (Lipinski definition) is 4. The summed E-state index contributed by atoms with van der Waals surface area (Å²) in [7, 11) is -3.75. The van der Waals surface area contributed by atoms with Crippen molar-refractivity contribution in [2.45, 2.75) is 24.8 Å². The van der Waals surface area contributed by atoms with Gasteiger partial charge in [0.1, 0.15) is 4.90 Å². The van der Waals surface area contributed by atoms with Crippen molar-refractivity contribution in [1.29, 1.82) is 0 Å². The van der Waals surface area contributed by atoms with Crippen LogP contribution in [-0.4, -0.2) is 46.7 Å². The highest BCUT2D eigenvalue weighted by molar-refractivity contribution is 7.89. The Balaban J connectivity index is 1.79. The Hall–Kier alpha value is -2.19. The van der Waals surface area contributed by atoms with Crippen LogP contribution in [0.3, 0.4) is 0 Å². The smallest absolute Gasteiger partial charge is 0.307 e. The van der Waals surface area contributed by atoms with Crippen molar-refractivity contribution in [3.05, 3.63) is 48.3 Å². The van der Waals surface area contributed by atoms with E-state index in [1.165, 1.54) is 16.7 Å². The van der Waals surface area contributed by atoms with Crippen molar-refractivity contribution in [3.63, 3.8) is 0 Å². The van der Waals surface area contributed by atoms with Crippen molar-refractivity contribution in [3.8, 4) is 0 Å². The Morgan fingerprint density at radius 1 is 1.28 bits per heavy atom. The highest BCUT2D eigenvalue weighted by Gasteiger charge is 2.36. The molecular weight excluding hydrogens is 342 g/mol. The van der Waals surface area contributed by atoms with Crippen molar-refractivity contribution < 1.29 is 18.3 Å². The lowest BCUT2D eigenvalue weighted by atomic mass is 9.92. The summed E-state index contributed by atoms with van der Waals surface area (Å²) in [6.07, 6.45) is 3.32. The molecule has 2 aromatic rings. The Labute approximate surface area is 146 Å². The molecular formula is C17H21N3O4S. The van der Waals surface area contributed by atoms with Crippen LogP contribution in [0.5, 0.6) is 0 Å². The molecule has 1 fully saturated rings. The number of piperidine rings is 1. The maximum absolute atomic E-state index is 12.8. The Kier molecular flexibility index (Phi) is 4.91. The molecule has 1 N–H and O–H groups in total. The zero-order valence-electron chi connectivity index (χ0n) is 13.9. The predicted octanol–water partition coefficient (Wildman–Crippen LogP) is 1.66. The van der Waals surface area contributed by atoms with Crippen molar-refractivity contribution >= 4 is 16.0 Å². The maximum Gasteiger partial charge on any atom is 0.307 e. The number of aromatic nitrogens is 2. The van der Waals surface area contributed by atoms with E-state index in [1.54, 1.807) is 4.68 Å². The zero-order chi connectivity index (χ0) is 18.0. The number of carboxylic acid groups (broad SMARTS) is 1. The number of benzene rings is 1. The van der Waals surface area contributed by atoms with Gasteiger partial charge in [0.2, 0.25) is 10.0 Å². The number of sulfonamides is 1. The molecule has 2 unspecified atom stereocenters. The molecule has 2 heterocycles. The molecule has 8 heteroatoms. The second-order valence-corrected chi connectivity index (χ2v) is 8.50. The van der Waals surface area contributed by atoms with Gasteiger partial charge in [-0.1, -0.05) is 37.3 Å². The first kappa shape index (κ1) is 17.6. The molecule has 7 nitrogen and oxygen atoms in total. The third-order valence-electron chi connectivity index (χ3n) is 4.41. The first-order valence-electron chi connectivity index (χ1n) is 8.15.